The number of aromatic nitrogens is 4. The second kappa shape index (κ2) is 7.10. The van der Waals surface area contributed by atoms with Crippen molar-refractivity contribution in [2.75, 3.05) is 24.5 Å². The highest BCUT2D eigenvalue weighted by Crippen LogP contribution is 2.26. The third kappa shape index (κ3) is 3.41. The number of halogens is 1. The van der Waals surface area contributed by atoms with Gasteiger partial charge < -0.3 is 4.90 Å². The predicted octanol–water partition coefficient (Wildman–Crippen LogP) is 2.12. The molecule has 0 spiro atoms. The van der Waals surface area contributed by atoms with Crippen molar-refractivity contribution in [3.05, 3.63) is 29.0 Å². The smallest absolute Gasteiger partial charge is 0.250 e. The van der Waals surface area contributed by atoms with Crippen molar-refractivity contribution >= 4 is 49.8 Å². The molecule has 1 N–H and O–H groups in total. The van der Waals surface area contributed by atoms with E-state index in [0.717, 1.165) is 48.5 Å². The normalized spacial score (nSPS) is 15.2. The number of thiophene rings is 1. The summed E-state index contributed by atoms with van der Waals surface area (Å²) in [5, 5.41) is 5.25. The maximum absolute atomic E-state index is 12.2. The van der Waals surface area contributed by atoms with Crippen LogP contribution >= 0.6 is 22.9 Å². The van der Waals surface area contributed by atoms with Gasteiger partial charge in [0, 0.05) is 19.6 Å². The molecule has 1 fully saturated rings. The first-order valence-corrected chi connectivity index (χ1v) is 10.9. The summed E-state index contributed by atoms with van der Waals surface area (Å²) in [7, 11) is -3.57. The van der Waals surface area contributed by atoms with E-state index in [1.165, 1.54) is 12.4 Å². The molecule has 0 unspecified atom stereocenters. The van der Waals surface area contributed by atoms with Gasteiger partial charge in [0.15, 0.2) is 5.65 Å². The molecule has 0 atom stereocenters. The lowest BCUT2D eigenvalue weighted by atomic mass is 10.3. The molecule has 0 bridgehead atoms. The van der Waals surface area contributed by atoms with E-state index in [-0.39, 0.29) is 10.8 Å². The molecule has 0 aromatic carbocycles. The highest BCUT2D eigenvalue weighted by molar-refractivity contribution is 7.91. The molecule has 3 aromatic heterocycles. The minimum Gasteiger partial charge on any atom is -0.356 e. The Labute approximate surface area is 159 Å². The Morgan fingerprint density at radius 2 is 2.04 bits per heavy atom. The van der Waals surface area contributed by atoms with Crippen LogP contribution in [0, 0.1) is 0 Å². The van der Waals surface area contributed by atoms with Gasteiger partial charge in [-0.2, -0.15) is 5.10 Å². The topological polar surface area (TPSA) is 93.0 Å². The summed E-state index contributed by atoms with van der Waals surface area (Å²) in [5.74, 6) is 0.896. The highest BCUT2D eigenvalue weighted by Gasteiger charge is 2.19. The van der Waals surface area contributed by atoms with Crippen molar-refractivity contribution in [2.45, 2.75) is 23.6 Å². The van der Waals surface area contributed by atoms with Crippen LogP contribution in [0.4, 0.5) is 5.82 Å². The first kappa shape index (κ1) is 17.7. The van der Waals surface area contributed by atoms with E-state index < -0.39 is 10.0 Å². The number of rotatable bonds is 6. The monoisotopic (exact) mass is 412 g/mol. The molecule has 3 aromatic rings. The van der Waals surface area contributed by atoms with Crippen LogP contribution in [0.1, 0.15) is 12.8 Å². The zero-order valence-electron chi connectivity index (χ0n) is 13.8. The molecular formula is C15H17ClN6O2S2. The summed E-state index contributed by atoms with van der Waals surface area (Å²) in [6.07, 6.45) is 5.60. The van der Waals surface area contributed by atoms with Crippen molar-refractivity contribution in [3.63, 3.8) is 0 Å². The van der Waals surface area contributed by atoms with Gasteiger partial charge in [-0.1, -0.05) is 11.6 Å². The molecule has 0 saturated carbocycles. The molecular weight excluding hydrogens is 396 g/mol. The Morgan fingerprint density at radius 3 is 2.77 bits per heavy atom. The average molecular weight is 413 g/mol. The molecule has 26 heavy (non-hydrogen) atoms. The first-order chi connectivity index (χ1) is 12.5. The standard InChI is InChI=1S/C15H17ClN6O2S2/c16-12-3-4-13(25-12)26(23,24)20-5-8-22-15-11(9-19-22)14(17-10-18-15)21-6-1-2-7-21/h3-4,9-10,20H,1-2,5-8H2. The number of hydrogen-bond acceptors (Lipinski definition) is 7. The SMILES string of the molecule is O=S(=O)(NCCn1ncc2c(N3CCCC3)ncnc21)c1ccc(Cl)s1. The van der Waals surface area contributed by atoms with Crippen molar-refractivity contribution < 1.29 is 8.42 Å². The van der Waals surface area contributed by atoms with E-state index in [1.54, 1.807) is 16.9 Å². The van der Waals surface area contributed by atoms with Crippen LogP contribution in [0.5, 0.6) is 0 Å². The highest BCUT2D eigenvalue weighted by atomic mass is 35.5. The van der Waals surface area contributed by atoms with E-state index in [0.29, 0.717) is 16.5 Å². The fourth-order valence-electron chi connectivity index (χ4n) is 3.02. The second-order valence-electron chi connectivity index (χ2n) is 5.95. The lowest BCUT2D eigenvalue weighted by Crippen LogP contribution is -2.27. The zero-order chi connectivity index (χ0) is 18.1. The van der Waals surface area contributed by atoms with Crippen molar-refractivity contribution in [2.24, 2.45) is 0 Å². The molecule has 0 amide bonds. The average Bonchev–Trinajstić information content (AvgIpc) is 3.35. The molecule has 11 heteroatoms. The van der Waals surface area contributed by atoms with Gasteiger partial charge in [0.1, 0.15) is 16.4 Å². The van der Waals surface area contributed by atoms with Crippen LogP contribution < -0.4 is 9.62 Å². The fourth-order valence-corrected chi connectivity index (χ4v) is 5.57. The van der Waals surface area contributed by atoms with Gasteiger partial charge in [-0.3, -0.25) is 0 Å². The zero-order valence-corrected chi connectivity index (χ0v) is 16.2. The summed E-state index contributed by atoms with van der Waals surface area (Å²) >= 11 is 6.84. The maximum Gasteiger partial charge on any atom is 0.250 e. The molecule has 4 rings (SSSR count). The van der Waals surface area contributed by atoms with Gasteiger partial charge in [-0.25, -0.2) is 27.8 Å². The summed E-state index contributed by atoms with van der Waals surface area (Å²) < 4.78 is 29.4. The first-order valence-electron chi connectivity index (χ1n) is 8.21. The van der Waals surface area contributed by atoms with E-state index >= 15 is 0 Å². The fraction of sp³-hybridized carbons (Fsp3) is 0.400. The van der Waals surface area contributed by atoms with Crippen molar-refractivity contribution in [1.82, 2.24) is 24.5 Å². The van der Waals surface area contributed by atoms with E-state index in [2.05, 4.69) is 24.7 Å². The van der Waals surface area contributed by atoms with Gasteiger partial charge in [0.05, 0.1) is 22.5 Å². The number of hydrogen-bond donors (Lipinski definition) is 1. The van der Waals surface area contributed by atoms with Crippen molar-refractivity contribution in [3.8, 4) is 0 Å². The Hall–Kier alpha value is -1.75. The number of sulfonamides is 1. The molecule has 0 aliphatic carbocycles. The van der Waals surface area contributed by atoms with Crippen molar-refractivity contribution in [1.29, 1.82) is 0 Å². The van der Waals surface area contributed by atoms with Gasteiger partial charge in [0.2, 0.25) is 10.0 Å². The van der Waals surface area contributed by atoms with Crippen LogP contribution in [0.15, 0.2) is 28.9 Å². The molecule has 1 aliphatic rings. The minimum absolute atomic E-state index is 0.200. The Balaban J connectivity index is 1.49. The lowest BCUT2D eigenvalue weighted by Gasteiger charge is -2.16. The number of nitrogens with one attached hydrogen (secondary N) is 1. The molecule has 4 heterocycles. The van der Waals surface area contributed by atoms with Gasteiger partial charge in [0.25, 0.3) is 0 Å². The minimum atomic E-state index is -3.57. The summed E-state index contributed by atoms with van der Waals surface area (Å²) in [6, 6.07) is 3.06. The van der Waals surface area contributed by atoms with Crippen LogP contribution in [0.25, 0.3) is 11.0 Å². The predicted molar refractivity (Wildman–Crippen MR) is 101 cm³/mol. The number of anilines is 1. The van der Waals surface area contributed by atoms with Crippen LogP contribution in [-0.2, 0) is 16.6 Å². The number of nitrogens with zero attached hydrogens (tertiary/aromatic N) is 5. The third-order valence-corrected chi connectivity index (χ3v) is 7.43. The Morgan fingerprint density at radius 1 is 1.23 bits per heavy atom. The third-order valence-electron chi connectivity index (χ3n) is 4.25. The Bertz CT molecular complexity index is 1030. The molecule has 8 nitrogen and oxygen atoms in total. The Kier molecular flexibility index (Phi) is 4.82. The quantitative estimate of drug-likeness (QED) is 0.666. The molecule has 138 valence electrons. The lowest BCUT2D eigenvalue weighted by molar-refractivity contribution is 0.566. The van der Waals surface area contributed by atoms with Gasteiger partial charge >= 0.3 is 0 Å². The summed E-state index contributed by atoms with van der Waals surface area (Å²) in [6.45, 7) is 2.55. The second-order valence-corrected chi connectivity index (χ2v) is 9.66. The van der Waals surface area contributed by atoms with Crippen LogP contribution in [-0.4, -0.2) is 47.8 Å². The largest absolute Gasteiger partial charge is 0.356 e. The molecule has 1 aliphatic heterocycles. The van der Waals surface area contributed by atoms with E-state index in [9.17, 15) is 8.42 Å². The summed E-state index contributed by atoms with van der Waals surface area (Å²) in [4.78, 5) is 11.0. The molecule has 1 saturated heterocycles. The van der Waals surface area contributed by atoms with Gasteiger partial charge in [-0.05, 0) is 25.0 Å². The van der Waals surface area contributed by atoms with Crippen LogP contribution in [0.2, 0.25) is 4.34 Å². The maximum atomic E-state index is 12.2. The van der Waals surface area contributed by atoms with Gasteiger partial charge in [-0.15, -0.1) is 11.3 Å². The number of fused-ring (bicyclic) bond motifs is 1. The van der Waals surface area contributed by atoms with E-state index in [1.807, 2.05) is 0 Å². The summed E-state index contributed by atoms with van der Waals surface area (Å²) in [5.41, 5.74) is 0.709. The molecule has 0 radical (unpaired) electrons. The van der Waals surface area contributed by atoms with E-state index in [4.69, 9.17) is 11.6 Å². The van der Waals surface area contributed by atoms with Crippen LogP contribution in [0.3, 0.4) is 0 Å².